The predicted molar refractivity (Wildman–Crippen MR) is 221 cm³/mol. The van der Waals surface area contributed by atoms with Gasteiger partial charge >= 0.3 is 11.9 Å². The normalized spacial score (nSPS) is 9.08. The van der Waals surface area contributed by atoms with E-state index in [1.165, 1.54) is 48.4 Å². The number of non-ortho nitro benzene ring substituents is 3. The van der Waals surface area contributed by atoms with Crippen molar-refractivity contribution in [2.24, 2.45) is 0 Å². The van der Waals surface area contributed by atoms with Gasteiger partial charge < -0.3 is 47.1 Å². The molecule has 64 heavy (non-hydrogen) atoms. The van der Waals surface area contributed by atoms with Gasteiger partial charge in [-0.25, -0.2) is 20.5 Å². The van der Waals surface area contributed by atoms with Gasteiger partial charge in [-0.15, -0.1) is 0 Å². The van der Waals surface area contributed by atoms with Crippen LogP contribution in [-0.4, -0.2) is 100 Å². The minimum atomic E-state index is -0.854. The summed E-state index contributed by atoms with van der Waals surface area (Å²) in [7, 11) is 3.33. The topological polar surface area (TPSA) is 375 Å². The van der Waals surface area contributed by atoms with E-state index in [4.69, 9.17) is 35.5 Å². The minimum Gasteiger partial charge on any atom is -0.507 e. The number of carbonyl (C=O) groups excluding carboxylic acids is 4. The zero-order valence-corrected chi connectivity index (χ0v) is 36.8. The number of nitrogens with zero attached hydrogens (tertiary/aromatic N) is 3. The molecular formula is C38H47N6O19Pd-. The first kappa shape index (κ1) is 60.8. The number of hydroxylamine groups is 2. The Hall–Kier alpha value is -7.50. The first-order valence-electron chi connectivity index (χ1n) is 17.3. The molecule has 0 heterocycles. The van der Waals surface area contributed by atoms with Gasteiger partial charge in [-0.1, -0.05) is 0 Å². The van der Waals surface area contributed by atoms with Gasteiger partial charge in [-0.2, -0.15) is 0 Å². The Morgan fingerprint density at radius 2 is 0.891 bits per heavy atom. The van der Waals surface area contributed by atoms with E-state index in [1.54, 1.807) is 32.9 Å². The van der Waals surface area contributed by atoms with Crippen molar-refractivity contribution in [2.45, 2.75) is 20.8 Å². The molecule has 25 nitrogen and oxygen atoms in total. The molecule has 0 bridgehead atoms. The van der Waals surface area contributed by atoms with Crippen molar-refractivity contribution in [3.05, 3.63) is 133 Å². The number of phenols is 1. The summed E-state index contributed by atoms with van der Waals surface area (Å²) in [6.07, 6.45) is 0. The molecule has 4 aromatic rings. The molecule has 0 spiro atoms. The van der Waals surface area contributed by atoms with E-state index in [1.807, 2.05) is 0 Å². The summed E-state index contributed by atoms with van der Waals surface area (Å²) in [5.41, 5.74) is 8.14. The number of ether oxygens (including phenoxy) is 5. The van der Waals surface area contributed by atoms with E-state index in [-0.39, 0.29) is 84.4 Å². The van der Waals surface area contributed by atoms with Crippen LogP contribution in [0.15, 0.2) is 72.8 Å². The maximum absolute atomic E-state index is 11.4. The van der Waals surface area contributed by atoms with Crippen LogP contribution in [0.1, 0.15) is 62.2 Å². The number of aromatic hydroxyl groups is 1. The van der Waals surface area contributed by atoms with Crippen molar-refractivity contribution < 1.29 is 98.7 Å². The maximum atomic E-state index is 11.4. The van der Waals surface area contributed by atoms with E-state index >= 15 is 0 Å². The molecule has 26 heteroatoms. The zero-order valence-electron chi connectivity index (χ0n) is 35.2. The fraction of sp³-hybridized carbons (Fsp3) is 0.237. The monoisotopic (exact) mass is 997 g/mol. The number of benzene rings is 4. The van der Waals surface area contributed by atoms with Crippen LogP contribution >= 0.6 is 0 Å². The van der Waals surface area contributed by atoms with E-state index < -0.39 is 38.5 Å². The van der Waals surface area contributed by atoms with E-state index in [0.717, 1.165) is 44.6 Å². The standard InChI is InChI=1S/C10H11NO5.C9H10N2O5.C9H12N2O3.C8H7NO5.CH4O.CH3.Pd/c1-3-16-9-5-4-7(11(13)14)6-8(9)10(12)15-2;1-2-16-8-4-3-6(11(14)15)5-7(8)9(12)10-13;1-2-14-8-4-3-6(10)5-7(8)9(12)11-13;1-14-8(11)6-4-5(9(12)13)2-3-7(6)10;1-2;;/h4-6H,3H2,1-2H3;3-5,13H,2H2,1H3,(H,10,12);3-5,13H,2,10H2,1H3,(H,11,12);2-4,10H,1H3;2H,1H3;1H3;/q;;;;;-1;. The van der Waals surface area contributed by atoms with Crippen molar-refractivity contribution >= 4 is 46.5 Å². The largest absolute Gasteiger partial charge is 0.507 e. The number of rotatable bonds is 13. The number of aliphatic hydroxyl groups excluding tert-OH is 1. The van der Waals surface area contributed by atoms with E-state index in [2.05, 4.69) is 9.47 Å². The molecule has 0 aliphatic heterocycles. The summed E-state index contributed by atoms with van der Waals surface area (Å²) in [4.78, 5) is 74.3. The Balaban J connectivity index is -0.000000758. The number of phenolic OH excluding ortho intramolecular Hbond substituents is 1. The number of carbonyl (C=O) groups is 4. The third-order valence-electron chi connectivity index (χ3n) is 6.94. The number of nitrogens with one attached hydrogen (secondary N) is 2. The zero-order chi connectivity index (χ0) is 47.5. The number of hydrogen-bond donors (Lipinski definition) is 7. The van der Waals surface area contributed by atoms with Crippen LogP contribution in [0.2, 0.25) is 0 Å². The second kappa shape index (κ2) is 32.2. The molecule has 0 aliphatic carbocycles. The van der Waals surface area contributed by atoms with Gasteiger partial charge in [0.25, 0.3) is 28.9 Å². The number of anilines is 1. The Labute approximate surface area is 378 Å². The Kier molecular flexibility index (Phi) is 30.6. The van der Waals surface area contributed by atoms with Crippen LogP contribution in [0.3, 0.4) is 0 Å². The number of hydrogen-bond acceptors (Lipinski definition) is 20. The molecule has 0 aliphatic rings. The molecule has 2 amide bonds. The first-order valence-corrected chi connectivity index (χ1v) is 17.3. The molecule has 4 aromatic carbocycles. The fourth-order valence-electron chi connectivity index (χ4n) is 4.31. The second-order valence-electron chi connectivity index (χ2n) is 10.8. The van der Waals surface area contributed by atoms with Crippen molar-refractivity contribution in [1.82, 2.24) is 11.0 Å². The Morgan fingerprint density at radius 3 is 1.25 bits per heavy atom. The quantitative estimate of drug-likeness (QED) is 0.0179. The van der Waals surface area contributed by atoms with Crippen molar-refractivity contribution in [3.63, 3.8) is 0 Å². The van der Waals surface area contributed by atoms with E-state index in [0.29, 0.717) is 31.3 Å². The second-order valence-corrected chi connectivity index (χ2v) is 10.8. The molecule has 0 fully saturated rings. The smallest absolute Gasteiger partial charge is 0.341 e. The number of aliphatic hydroxyl groups is 1. The van der Waals surface area contributed by atoms with Crippen LogP contribution in [0, 0.1) is 37.8 Å². The molecule has 0 aromatic heterocycles. The molecular weight excluding hydrogens is 951 g/mol. The third-order valence-corrected chi connectivity index (χ3v) is 6.94. The van der Waals surface area contributed by atoms with E-state index in [9.17, 15) is 54.6 Å². The summed E-state index contributed by atoms with van der Waals surface area (Å²) in [6.45, 7) is 6.38. The molecule has 0 saturated heterocycles. The fourth-order valence-corrected chi connectivity index (χ4v) is 4.31. The van der Waals surface area contributed by atoms with Gasteiger partial charge in [0.15, 0.2) is 0 Å². The Morgan fingerprint density at radius 1 is 0.578 bits per heavy atom. The summed E-state index contributed by atoms with van der Waals surface area (Å²) in [6, 6.07) is 15.1. The molecule has 354 valence electrons. The number of nitrogen functional groups attached to an aromatic ring is 1. The summed E-state index contributed by atoms with van der Waals surface area (Å²) >= 11 is 0. The molecule has 0 unspecified atom stereocenters. The van der Waals surface area contributed by atoms with Gasteiger partial charge in [0, 0.05) is 69.6 Å². The molecule has 4 rings (SSSR count). The summed E-state index contributed by atoms with van der Waals surface area (Å²) in [5.74, 6) is -2.46. The SMILES string of the molecule is CCOc1ccc(N)cc1C(=O)NO.CCOc1ccc([N+](=O)[O-])cc1C(=O)NO.CCOc1ccc([N+](=O)[O-])cc1C(=O)OC.CO.COC(=O)c1cc([N+](=O)[O-])ccc1O.[CH3-].[Pd]. The number of amides is 2. The van der Waals surface area contributed by atoms with Gasteiger partial charge in [0.1, 0.15) is 34.1 Å². The average molecular weight is 998 g/mol. The van der Waals surface area contributed by atoms with Crippen LogP contribution in [-0.2, 0) is 29.9 Å². The number of methoxy groups -OCH3 is 2. The van der Waals surface area contributed by atoms with Crippen molar-refractivity contribution in [1.29, 1.82) is 0 Å². The van der Waals surface area contributed by atoms with Gasteiger partial charge in [0.05, 0.1) is 59.9 Å². The number of esters is 2. The number of nitrogens with two attached hydrogens (primary N) is 1. The van der Waals surface area contributed by atoms with Gasteiger partial charge in [-0.05, 0) is 57.2 Å². The molecule has 0 saturated carbocycles. The Bertz CT molecular complexity index is 2100. The molecule has 0 radical (unpaired) electrons. The van der Waals surface area contributed by atoms with Gasteiger partial charge in [0.2, 0.25) is 0 Å². The van der Waals surface area contributed by atoms with Crippen LogP contribution in [0.25, 0.3) is 0 Å². The summed E-state index contributed by atoms with van der Waals surface area (Å²) in [5, 5.41) is 64.6. The molecule has 0 atom stereocenters. The average Bonchev–Trinajstić information content (AvgIpc) is 3.27. The molecule has 8 N–H and O–H groups in total. The van der Waals surface area contributed by atoms with Crippen molar-refractivity contribution in [2.75, 3.05) is 46.9 Å². The minimum absolute atomic E-state index is 0. The predicted octanol–water partition coefficient (Wildman–Crippen LogP) is 4.82. The van der Waals surface area contributed by atoms with Crippen LogP contribution in [0.5, 0.6) is 23.0 Å². The van der Waals surface area contributed by atoms with Crippen LogP contribution < -0.4 is 30.9 Å². The first-order chi connectivity index (χ1) is 29.4. The number of nitro groups is 3. The van der Waals surface area contributed by atoms with Crippen LogP contribution in [0.4, 0.5) is 22.7 Å². The maximum Gasteiger partial charge on any atom is 0.341 e. The van der Waals surface area contributed by atoms with Crippen molar-refractivity contribution in [3.8, 4) is 23.0 Å². The summed E-state index contributed by atoms with van der Waals surface area (Å²) < 4.78 is 24.3. The number of nitro benzene ring substituents is 3. The van der Waals surface area contributed by atoms with Gasteiger partial charge in [-0.3, -0.25) is 50.3 Å². The third kappa shape index (κ3) is 19.5.